The SMILES string of the molecule is CN(C)C(C)(C)[C@]1(O)CCCN(c2ccc(Nc3ccc(C4=[n+]5ccc(F)cc5=NC4)c4c3C(=O)NC4)nc2)C1. The van der Waals surface area contributed by atoms with Crippen LogP contribution in [0, 0.1) is 11.5 Å². The number of halogens is 1. The maximum Gasteiger partial charge on any atom is 0.325 e. The number of β-amino-alcohol motifs (C(OH)–C–C–N with tert-alkyl or cyclic N) is 1. The number of hydrogen-bond donors (Lipinski definition) is 3. The predicted molar refractivity (Wildman–Crippen MR) is 150 cm³/mol. The lowest BCUT2D eigenvalue weighted by atomic mass is 9.76. The van der Waals surface area contributed by atoms with Crippen molar-refractivity contribution in [1.29, 1.82) is 0 Å². The maximum absolute atomic E-state index is 13.7. The van der Waals surface area contributed by atoms with Crippen LogP contribution < -0.4 is 25.3 Å². The van der Waals surface area contributed by atoms with Gasteiger partial charge in [0, 0.05) is 36.8 Å². The number of likely N-dealkylation sites (N-methyl/N-ethyl adjacent to an activating group) is 1. The molecule has 3 aliphatic heterocycles. The zero-order valence-corrected chi connectivity index (χ0v) is 23.3. The number of anilines is 3. The third-order valence-corrected chi connectivity index (χ3v) is 8.96. The number of hydrogen-bond acceptors (Lipinski definition) is 7. The highest BCUT2D eigenvalue weighted by atomic mass is 19.1. The summed E-state index contributed by atoms with van der Waals surface area (Å²) in [6, 6.07) is 10.6. The Morgan fingerprint density at radius 3 is 2.80 bits per heavy atom. The summed E-state index contributed by atoms with van der Waals surface area (Å²) < 4.78 is 15.6. The number of fused-ring (bicyclic) bond motifs is 2. The molecule has 1 amide bonds. The highest BCUT2D eigenvalue weighted by Gasteiger charge is 2.47. The Bertz CT molecular complexity index is 1620. The molecule has 0 spiro atoms. The van der Waals surface area contributed by atoms with Crippen molar-refractivity contribution in [1.82, 2.24) is 15.2 Å². The molecule has 0 bridgehead atoms. The highest BCUT2D eigenvalue weighted by Crippen LogP contribution is 2.37. The second kappa shape index (κ2) is 9.64. The average molecular weight is 545 g/mol. The summed E-state index contributed by atoms with van der Waals surface area (Å²) in [5, 5.41) is 17.8. The third-order valence-electron chi connectivity index (χ3n) is 8.96. The number of amides is 1. The van der Waals surface area contributed by atoms with Crippen LogP contribution >= 0.6 is 0 Å². The number of nitrogens with one attached hydrogen (secondary N) is 2. The molecule has 208 valence electrons. The van der Waals surface area contributed by atoms with Gasteiger partial charge in [0.1, 0.15) is 11.6 Å². The molecule has 3 aliphatic rings. The van der Waals surface area contributed by atoms with Crippen LogP contribution in [0.1, 0.15) is 48.2 Å². The number of aliphatic hydroxyl groups is 1. The van der Waals surface area contributed by atoms with Gasteiger partial charge in [0.25, 0.3) is 5.91 Å². The van der Waals surface area contributed by atoms with Crippen molar-refractivity contribution in [3.05, 3.63) is 82.5 Å². The van der Waals surface area contributed by atoms with Gasteiger partial charge in [0.05, 0.1) is 41.0 Å². The average Bonchev–Trinajstić information content (AvgIpc) is 3.53. The molecule has 40 heavy (non-hydrogen) atoms. The molecule has 3 N–H and O–H groups in total. The van der Waals surface area contributed by atoms with Crippen molar-refractivity contribution < 1.29 is 18.5 Å². The van der Waals surface area contributed by atoms with Gasteiger partial charge >= 0.3 is 5.49 Å². The lowest BCUT2D eigenvalue weighted by molar-refractivity contribution is -0.532. The smallest absolute Gasteiger partial charge is 0.325 e. The van der Waals surface area contributed by atoms with Crippen molar-refractivity contribution in [2.24, 2.45) is 4.99 Å². The first-order chi connectivity index (χ1) is 19.1. The van der Waals surface area contributed by atoms with Gasteiger partial charge in [-0.2, -0.15) is 4.24 Å². The zero-order valence-electron chi connectivity index (χ0n) is 23.3. The monoisotopic (exact) mass is 544 g/mol. The largest absolute Gasteiger partial charge is 0.386 e. The van der Waals surface area contributed by atoms with Gasteiger partial charge in [-0.05, 0) is 70.6 Å². The number of carbonyl (C=O) groups excluding carboxylic acids is 1. The van der Waals surface area contributed by atoms with E-state index in [1.807, 2.05) is 48.8 Å². The Kier molecular flexibility index (Phi) is 6.35. The highest BCUT2D eigenvalue weighted by molar-refractivity contribution is 6.04. The van der Waals surface area contributed by atoms with Crippen molar-refractivity contribution in [3.63, 3.8) is 0 Å². The van der Waals surface area contributed by atoms with E-state index in [0.717, 1.165) is 41.9 Å². The van der Waals surface area contributed by atoms with E-state index in [9.17, 15) is 14.3 Å². The van der Waals surface area contributed by atoms with E-state index in [4.69, 9.17) is 0 Å². The molecule has 9 nitrogen and oxygen atoms in total. The van der Waals surface area contributed by atoms with E-state index in [1.165, 1.54) is 12.1 Å². The normalized spacial score (nSPS) is 20.3. The summed E-state index contributed by atoms with van der Waals surface area (Å²) in [5.41, 5.74) is 4.25. The Morgan fingerprint density at radius 2 is 2.05 bits per heavy atom. The minimum absolute atomic E-state index is 0.146. The molecule has 6 rings (SSSR count). The first-order valence-corrected chi connectivity index (χ1v) is 13.6. The maximum atomic E-state index is 13.7. The number of pyridine rings is 2. The summed E-state index contributed by atoms with van der Waals surface area (Å²) >= 11 is 0. The molecule has 0 radical (unpaired) electrons. The second-order valence-electron chi connectivity index (χ2n) is 11.6. The van der Waals surface area contributed by atoms with E-state index in [0.29, 0.717) is 42.2 Å². The number of nitrogens with zero attached hydrogens (tertiary/aromatic N) is 5. The van der Waals surface area contributed by atoms with Crippen molar-refractivity contribution in [2.75, 3.05) is 43.9 Å². The molecule has 0 unspecified atom stereocenters. The van der Waals surface area contributed by atoms with Crippen molar-refractivity contribution in [2.45, 2.75) is 44.4 Å². The number of piperidine rings is 1. The molecule has 1 saturated heterocycles. The van der Waals surface area contributed by atoms with Crippen LogP contribution in [0.15, 0.2) is 53.8 Å². The minimum atomic E-state index is -0.848. The number of rotatable bonds is 6. The van der Waals surface area contributed by atoms with Gasteiger partial charge in [-0.1, -0.05) is 4.99 Å². The Labute approximate surface area is 232 Å². The summed E-state index contributed by atoms with van der Waals surface area (Å²) in [6.07, 6.45) is 5.13. The fourth-order valence-corrected chi connectivity index (χ4v) is 5.94. The molecule has 1 atom stereocenters. The number of aromatic nitrogens is 2. The van der Waals surface area contributed by atoms with Crippen LogP contribution in [0.5, 0.6) is 0 Å². The third kappa shape index (κ3) is 4.31. The standard InChI is InChI=1S/C30H34FN7O2/c1-29(2,36(3)4)30(40)11-5-12-37(18-30)20-6-9-25(32-15-20)35-23-8-7-21(22-16-34-28(39)27(22)23)24-17-33-26-14-19(31)10-13-38(24)26/h6-10,13-15,40H,5,11-12,16-18H2,1-4H3,(H,34,39)/p+1/t30-/m0/s1. The quantitative estimate of drug-likeness (QED) is 0.412. The molecule has 1 aromatic carbocycles. The molecule has 3 aromatic rings. The van der Waals surface area contributed by atoms with Crippen LogP contribution in [0.4, 0.5) is 21.6 Å². The van der Waals surface area contributed by atoms with Crippen LogP contribution in [-0.4, -0.2) is 65.8 Å². The molecule has 1 fully saturated rings. The lowest BCUT2D eigenvalue weighted by Crippen LogP contribution is -2.65. The summed E-state index contributed by atoms with van der Waals surface area (Å²) in [5.74, 6) is 0.148. The Morgan fingerprint density at radius 1 is 1.23 bits per heavy atom. The zero-order chi connectivity index (χ0) is 28.2. The first-order valence-electron chi connectivity index (χ1n) is 13.6. The van der Waals surface area contributed by atoms with Crippen molar-refractivity contribution in [3.8, 4) is 0 Å². The van der Waals surface area contributed by atoms with E-state index >= 15 is 0 Å². The summed E-state index contributed by atoms with van der Waals surface area (Å²) in [4.78, 5) is 26.3. The lowest BCUT2D eigenvalue weighted by Gasteiger charge is -2.52. The van der Waals surface area contributed by atoms with Gasteiger partial charge in [0.2, 0.25) is 0 Å². The van der Waals surface area contributed by atoms with Gasteiger partial charge in [0.15, 0.2) is 12.3 Å². The molecular formula is C30H35FN7O2+. The number of benzene rings is 1. The van der Waals surface area contributed by atoms with E-state index in [-0.39, 0.29) is 17.3 Å². The van der Waals surface area contributed by atoms with Crippen LogP contribution in [-0.2, 0) is 6.54 Å². The topological polar surface area (TPSA) is 99.0 Å². The molecule has 0 saturated carbocycles. The molecule has 5 heterocycles. The Balaban J connectivity index is 1.26. The van der Waals surface area contributed by atoms with Crippen LogP contribution in [0.25, 0.3) is 0 Å². The second-order valence-corrected chi connectivity index (χ2v) is 11.6. The summed E-state index contributed by atoms with van der Waals surface area (Å²) in [7, 11) is 4.01. The molecule has 2 aromatic heterocycles. The van der Waals surface area contributed by atoms with Crippen molar-refractivity contribution >= 4 is 23.1 Å². The first kappa shape index (κ1) is 26.3. The van der Waals surface area contributed by atoms with Gasteiger partial charge in [-0.3, -0.25) is 4.79 Å². The van der Waals surface area contributed by atoms with E-state index < -0.39 is 5.60 Å². The van der Waals surface area contributed by atoms with Gasteiger partial charge in [-0.25, -0.2) is 9.37 Å². The number of carbonyl (C=O) groups is 1. The fourth-order valence-electron chi connectivity index (χ4n) is 5.94. The van der Waals surface area contributed by atoms with Gasteiger partial charge in [-0.15, -0.1) is 0 Å². The predicted octanol–water partition coefficient (Wildman–Crippen LogP) is 2.23. The van der Waals surface area contributed by atoms with Crippen LogP contribution in [0.2, 0.25) is 0 Å². The minimum Gasteiger partial charge on any atom is -0.386 e. The molecule has 0 aliphatic carbocycles. The van der Waals surface area contributed by atoms with E-state index in [2.05, 4.69) is 44.3 Å². The fraction of sp³-hybridized carbons (Fsp3) is 0.400. The van der Waals surface area contributed by atoms with E-state index in [1.54, 1.807) is 6.20 Å². The molecule has 10 heteroatoms. The molecular weight excluding hydrogens is 509 g/mol. The van der Waals surface area contributed by atoms with Crippen LogP contribution in [0.3, 0.4) is 0 Å². The summed E-state index contributed by atoms with van der Waals surface area (Å²) in [6.45, 7) is 6.37. The van der Waals surface area contributed by atoms with Gasteiger partial charge < -0.3 is 25.5 Å². The Hall–Kier alpha value is -3.89.